The molecule has 0 radical (unpaired) electrons. The van der Waals surface area contributed by atoms with Crippen LogP contribution < -0.4 is 0 Å². The van der Waals surface area contributed by atoms with Crippen LogP contribution in [0.4, 0.5) is 8.78 Å². The Balaban J connectivity index is 1.32. The Morgan fingerprint density at radius 3 is 2.28 bits per heavy atom. The topological polar surface area (TPSA) is 36.3 Å². The molecule has 1 unspecified atom stereocenters. The lowest BCUT2D eigenvalue weighted by Gasteiger charge is -2.72. The fourth-order valence-corrected chi connectivity index (χ4v) is 5.29. The van der Waals surface area contributed by atoms with E-state index in [4.69, 9.17) is 10.00 Å². The highest BCUT2D eigenvalue weighted by molar-refractivity contribution is 5.43. The summed E-state index contributed by atoms with van der Waals surface area (Å²) in [7, 11) is 0. The molecule has 0 N–H and O–H groups in total. The Bertz CT molecular complexity index is 889. The minimum absolute atomic E-state index is 0.214. The summed E-state index contributed by atoms with van der Waals surface area (Å²) < 4.78 is 33.0. The number of nitrogens with zero attached hydrogens (tertiary/aromatic N) is 1. The average molecular weight is 337 g/mol. The molecule has 126 valence electrons. The largest absolute Gasteiger partial charge is 0.364 e. The van der Waals surface area contributed by atoms with E-state index in [0.29, 0.717) is 17.7 Å². The lowest BCUT2D eigenvalue weighted by atomic mass is 9.32. The quantitative estimate of drug-likeness (QED) is 0.766. The molecule has 2 aromatic rings. The summed E-state index contributed by atoms with van der Waals surface area (Å²) >= 11 is 0. The predicted octanol–water partition coefficient (Wildman–Crippen LogP) is 4.57. The van der Waals surface area contributed by atoms with E-state index in [0.717, 1.165) is 31.7 Å². The van der Waals surface area contributed by atoms with Crippen LogP contribution in [0.25, 0.3) is 0 Å². The van der Waals surface area contributed by atoms with Gasteiger partial charge in [-0.25, -0.2) is 8.78 Å². The van der Waals surface area contributed by atoms with Crippen molar-refractivity contribution in [3.63, 3.8) is 0 Å². The molecule has 1 saturated heterocycles. The van der Waals surface area contributed by atoms with E-state index in [-0.39, 0.29) is 10.8 Å². The standard InChI is InChI=1S/C21H17F2NO/c22-16-5-6-17(18(23)7-16)21(13-25-21)12-19-9-20(10-19,11-19)15-3-1-14(8-24)2-4-15/h1-7H,9-13H2. The summed E-state index contributed by atoms with van der Waals surface area (Å²) in [5.41, 5.74) is 2.35. The molecular formula is C21H17F2NO. The van der Waals surface area contributed by atoms with Crippen molar-refractivity contribution >= 4 is 0 Å². The molecule has 25 heavy (non-hydrogen) atoms. The van der Waals surface area contributed by atoms with E-state index in [1.54, 1.807) is 0 Å². The molecule has 1 atom stereocenters. The molecule has 4 aliphatic rings. The normalized spacial score (nSPS) is 34.6. The smallest absolute Gasteiger partial charge is 0.132 e. The molecule has 1 aliphatic heterocycles. The number of benzene rings is 2. The van der Waals surface area contributed by atoms with Crippen molar-refractivity contribution in [2.45, 2.75) is 36.7 Å². The van der Waals surface area contributed by atoms with E-state index >= 15 is 0 Å². The molecule has 3 saturated carbocycles. The maximum Gasteiger partial charge on any atom is 0.132 e. The molecular weight excluding hydrogens is 320 g/mol. The van der Waals surface area contributed by atoms with Crippen LogP contribution in [0.1, 0.15) is 42.4 Å². The molecule has 2 bridgehead atoms. The molecule has 1 heterocycles. The minimum Gasteiger partial charge on any atom is -0.364 e. The second-order valence-electron chi connectivity index (χ2n) is 8.08. The fourth-order valence-electron chi connectivity index (χ4n) is 5.29. The molecule has 0 amide bonds. The first-order valence-electron chi connectivity index (χ1n) is 8.59. The van der Waals surface area contributed by atoms with Gasteiger partial charge in [-0.15, -0.1) is 0 Å². The average Bonchev–Trinajstić information content (AvgIpc) is 3.30. The number of halogens is 2. The van der Waals surface area contributed by atoms with Gasteiger partial charge in [0.1, 0.15) is 17.2 Å². The van der Waals surface area contributed by atoms with E-state index in [9.17, 15) is 8.78 Å². The minimum atomic E-state index is -0.560. The number of ether oxygens (including phenoxy) is 1. The van der Waals surface area contributed by atoms with Gasteiger partial charge in [-0.3, -0.25) is 0 Å². The predicted molar refractivity (Wildman–Crippen MR) is 87.7 cm³/mol. The van der Waals surface area contributed by atoms with Crippen LogP contribution in [0.3, 0.4) is 0 Å². The number of epoxide rings is 1. The number of hydrogen-bond donors (Lipinski definition) is 0. The summed E-state index contributed by atoms with van der Waals surface area (Å²) in [5.74, 6) is -1.06. The van der Waals surface area contributed by atoms with Crippen LogP contribution in [-0.4, -0.2) is 6.61 Å². The summed E-state index contributed by atoms with van der Waals surface area (Å²) in [6.07, 6.45) is 4.06. The van der Waals surface area contributed by atoms with E-state index in [2.05, 4.69) is 18.2 Å². The molecule has 4 heteroatoms. The lowest BCUT2D eigenvalue weighted by Crippen LogP contribution is -2.65. The van der Waals surface area contributed by atoms with Gasteiger partial charge in [-0.05, 0) is 60.3 Å². The van der Waals surface area contributed by atoms with Crippen molar-refractivity contribution < 1.29 is 13.5 Å². The van der Waals surface area contributed by atoms with Gasteiger partial charge in [-0.2, -0.15) is 5.26 Å². The Labute approximate surface area is 145 Å². The third-order valence-electron chi connectivity index (χ3n) is 6.34. The first-order chi connectivity index (χ1) is 12.0. The molecule has 0 aromatic heterocycles. The van der Waals surface area contributed by atoms with Crippen molar-refractivity contribution in [2.24, 2.45) is 5.41 Å². The Morgan fingerprint density at radius 2 is 1.72 bits per heavy atom. The molecule has 4 fully saturated rings. The maximum absolute atomic E-state index is 14.2. The van der Waals surface area contributed by atoms with E-state index in [1.807, 2.05) is 12.1 Å². The van der Waals surface area contributed by atoms with Gasteiger partial charge in [-0.1, -0.05) is 18.2 Å². The highest BCUT2D eigenvalue weighted by Crippen LogP contribution is 2.77. The van der Waals surface area contributed by atoms with E-state index < -0.39 is 17.2 Å². The Morgan fingerprint density at radius 1 is 1.04 bits per heavy atom. The summed E-state index contributed by atoms with van der Waals surface area (Å²) in [6.45, 7) is 0.515. The fraction of sp³-hybridized carbons (Fsp3) is 0.381. The molecule has 3 aliphatic carbocycles. The third-order valence-corrected chi connectivity index (χ3v) is 6.34. The first-order valence-corrected chi connectivity index (χ1v) is 8.59. The van der Waals surface area contributed by atoms with Gasteiger partial charge in [0.15, 0.2) is 0 Å². The maximum atomic E-state index is 14.2. The van der Waals surface area contributed by atoms with E-state index in [1.165, 1.54) is 17.7 Å². The second kappa shape index (κ2) is 4.68. The van der Waals surface area contributed by atoms with Crippen molar-refractivity contribution in [1.29, 1.82) is 5.26 Å². The number of rotatable bonds is 4. The van der Waals surface area contributed by atoms with Crippen LogP contribution in [0.15, 0.2) is 42.5 Å². The first kappa shape index (κ1) is 15.0. The van der Waals surface area contributed by atoms with Crippen LogP contribution in [0.5, 0.6) is 0 Å². The molecule has 0 spiro atoms. The number of hydrogen-bond acceptors (Lipinski definition) is 2. The van der Waals surface area contributed by atoms with Crippen molar-refractivity contribution in [2.75, 3.05) is 6.61 Å². The highest BCUT2D eigenvalue weighted by atomic mass is 19.1. The molecule has 2 nitrogen and oxygen atoms in total. The Kier molecular flexibility index (Phi) is 2.81. The SMILES string of the molecule is N#Cc1ccc(C23CC(CC4(c5ccc(F)cc5F)CO4)(C2)C3)cc1. The summed E-state index contributed by atoms with van der Waals surface area (Å²) in [6, 6.07) is 13.8. The van der Waals surface area contributed by atoms with Crippen molar-refractivity contribution in [1.82, 2.24) is 0 Å². The zero-order valence-electron chi connectivity index (χ0n) is 13.7. The third kappa shape index (κ3) is 2.09. The zero-order chi connectivity index (χ0) is 17.3. The van der Waals surface area contributed by atoms with Crippen LogP contribution in [0.2, 0.25) is 0 Å². The highest BCUT2D eigenvalue weighted by Gasteiger charge is 2.71. The zero-order valence-corrected chi connectivity index (χ0v) is 13.7. The molecule has 2 aromatic carbocycles. The lowest BCUT2D eigenvalue weighted by molar-refractivity contribution is -0.158. The van der Waals surface area contributed by atoms with Gasteiger partial charge >= 0.3 is 0 Å². The van der Waals surface area contributed by atoms with Gasteiger partial charge < -0.3 is 4.74 Å². The summed E-state index contributed by atoms with van der Waals surface area (Å²) in [4.78, 5) is 0. The Hall–Kier alpha value is -2.25. The second-order valence-corrected chi connectivity index (χ2v) is 8.08. The summed E-state index contributed by atoms with van der Waals surface area (Å²) in [5, 5.41) is 8.92. The van der Waals surface area contributed by atoms with Crippen molar-refractivity contribution in [3.8, 4) is 6.07 Å². The van der Waals surface area contributed by atoms with Crippen molar-refractivity contribution in [3.05, 3.63) is 70.8 Å². The number of nitriles is 1. The molecule has 6 rings (SSSR count). The van der Waals surface area contributed by atoms with Crippen LogP contribution in [-0.2, 0) is 15.8 Å². The van der Waals surface area contributed by atoms with Gasteiger partial charge in [0.2, 0.25) is 0 Å². The van der Waals surface area contributed by atoms with Crippen LogP contribution in [0, 0.1) is 28.4 Å². The van der Waals surface area contributed by atoms with Gasteiger partial charge in [0.05, 0.1) is 18.2 Å². The van der Waals surface area contributed by atoms with Crippen LogP contribution >= 0.6 is 0 Å². The monoisotopic (exact) mass is 337 g/mol. The van der Waals surface area contributed by atoms with Gasteiger partial charge in [0, 0.05) is 11.6 Å². The van der Waals surface area contributed by atoms with Gasteiger partial charge in [0.25, 0.3) is 0 Å².